The lowest BCUT2D eigenvalue weighted by atomic mass is 10.2. The standard InChI is InChI=1S/C21H18N6O2S2/c1-26-16-4-2-3-5-17(16)27(21(26)29)11-10-18(28)23-19-24-25-20(31-19)30-13-15-8-6-14(12-22)7-9-15/h2-9H,10-11,13H2,1H3,(H,23,24,28). The second kappa shape index (κ2) is 9.16. The molecule has 2 aromatic heterocycles. The summed E-state index contributed by atoms with van der Waals surface area (Å²) in [5.41, 5.74) is 3.19. The number of para-hydroxylation sites is 2. The fourth-order valence-corrected chi connectivity index (χ4v) is 4.84. The number of aromatic nitrogens is 4. The van der Waals surface area contributed by atoms with Gasteiger partial charge in [-0.2, -0.15) is 5.26 Å². The minimum absolute atomic E-state index is 0.147. The van der Waals surface area contributed by atoms with E-state index in [4.69, 9.17) is 5.26 Å². The van der Waals surface area contributed by atoms with Crippen LogP contribution in [0.1, 0.15) is 17.5 Å². The number of imidazole rings is 1. The largest absolute Gasteiger partial charge is 0.328 e. The van der Waals surface area contributed by atoms with Gasteiger partial charge in [0.15, 0.2) is 4.34 Å². The normalized spacial score (nSPS) is 10.8. The molecule has 156 valence electrons. The van der Waals surface area contributed by atoms with E-state index in [1.165, 1.54) is 23.1 Å². The quantitative estimate of drug-likeness (QED) is 0.342. The summed E-state index contributed by atoms with van der Waals surface area (Å²) in [6, 6.07) is 17.0. The summed E-state index contributed by atoms with van der Waals surface area (Å²) in [4.78, 5) is 24.8. The Balaban J connectivity index is 1.33. The molecule has 2 heterocycles. The van der Waals surface area contributed by atoms with Gasteiger partial charge in [0, 0.05) is 25.8 Å². The Morgan fingerprint density at radius 3 is 2.65 bits per heavy atom. The Hall–Kier alpha value is -3.42. The molecule has 0 aliphatic carbocycles. The Morgan fingerprint density at radius 1 is 1.16 bits per heavy atom. The first kappa shape index (κ1) is 20.8. The van der Waals surface area contributed by atoms with Crippen molar-refractivity contribution >= 4 is 45.2 Å². The molecule has 31 heavy (non-hydrogen) atoms. The Bertz CT molecular complexity index is 1330. The van der Waals surface area contributed by atoms with Gasteiger partial charge in [-0.15, -0.1) is 10.2 Å². The Kier molecular flexibility index (Phi) is 6.16. The van der Waals surface area contributed by atoms with Crippen LogP contribution in [-0.4, -0.2) is 25.2 Å². The first-order valence-electron chi connectivity index (χ1n) is 9.44. The van der Waals surface area contributed by atoms with Gasteiger partial charge in [-0.25, -0.2) is 4.79 Å². The van der Waals surface area contributed by atoms with Crippen LogP contribution in [0.4, 0.5) is 5.13 Å². The number of thioether (sulfide) groups is 1. The predicted molar refractivity (Wildman–Crippen MR) is 121 cm³/mol. The molecule has 1 N–H and O–H groups in total. The first-order valence-corrected chi connectivity index (χ1v) is 11.2. The van der Waals surface area contributed by atoms with E-state index >= 15 is 0 Å². The topological polar surface area (TPSA) is 106 Å². The number of hydrogen-bond acceptors (Lipinski definition) is 7. The van der Waals surface area contributed by atoms with Crippen LogP contribution < -0.4 is 11.0 Å². The maximum atomic E-state index is 12.4. The fourth-order valence-electron chi connectivity index (χ4n) is 3.11. The molecule has 4 aromatic rings. The summed E-state index contributed by atoms with van der Waals surface area (Å²) in [6.07, 6.45) is 0.154. The number of benzene rings is 2. The molecule has 0 spiro atoms. The zero-order valence-electron chi connectivity index (χ0n) is 16.6. The number of nitrogens with one attached hydrogen (secondary N) is 1. The molecular formula is C21H18N6O2S2. The number of hydrogen-bond donors (Lipinski definition) is 1. The molecule has 0 aliphatic heterocycles. The van der Waals surface area contributed by atoms with Crippen molar-refractivity contribution in [2.75, 3.05) is 5.32 Å². The van der Waals surface area contributed by atoms with Crippen molar-refractivity contribution in [3.63, 3.8) is 0 Å². The Labute approximate surface area is 186 Å². The van der Waals surface area contributed by atoms with Gasteiger partial charge in [0.1, 0.15) is 0 Å². The molecule has 0 bridgehead atoms. The van der Waals surface area contributed by atoms with Crippen LogP contribution in [0.5, 0.6) is 0 Å². The van der Waals surface area contributed by atoms with E-state index in [2.05, 4.69) is 21.6 Å². The van der Waals surface area contributed by atoms with Gasteiger partial charge < -0.3 is 5.32 Å². The molecule has 0 atom stereocenters. The van der Waals surface area contributed by atoms with E-state index < -0.39 is 0 Å². The van der Waals surface area contributed by atoms with Gasteiger partial charge in [0.05, 0.1) is 22.7 Å². The van der Waals surface area contributed by atoms with Crippen LogP contribution in [0, 0.1) is 11.3 Å². The van der Waals surface area contributed by atoms with Gasteiger partial charge in [0.25, 0.3) is 0 Å². The van der Waals surface area contributed by atoms with Crippen molar-refractivity contribution in [2.24, 2.45) is 7.05 Å². The highest BCUT2D eigenvalue weighted by Crippen LogP contribution is 2.28. The van der Waals surface area contributed by atoms with Crippen LogP contribution in [0.15, 0.2) is 57.7 Å². The lowest BCUT2D eigenvalue weighted by Crippen LogP contribution is -2.24. The number of anilines is 1. The van der Waals surface area contributed by atoms with Gasteiger partial charge >= 0.3 is 5.69 Å². The molecular weight excluding hydrogens is 432 g/mol. The molecule has 8 nitrogen and oxygen atoms in total. The number of nitriles is 1. The van der Waals surface area contributed by atoms with Crippen LogP contribution in [-0.2, 0) is 24.1 Å². The predicted octanol–water partition coefficient (Wildman–Crippen LogP) is 3.38. The summed E-state index contributed by atoms with van der Waals surface area (Å²) in [5.74, 6) is 0.470. The van der Waals surface area contributed by atoms with Crippen molar-refractivity contribution in [2.45, 2.75) is 23.1 Å². The summed E-state index contributed by atoms with van der Waals surface area (Å²) < 4.78 is 3.92. The van der Waals surface area contributed by atoms with E-state index in [1.54, 1.807) is 28.3 Å². The monoisotopic (exact) mass is 450 g/mol. The van der Waals surface area contributed by atoms with Crippen molar-refractivity contribution < 1.29 is 4.79 Å². The molecule has 10 heteroatoms. The number of nitrogens with zero attached hydrogens (tertiary/aromatic N) is 5. The summed E-state index contributed by atoms with van der Waals surface area (Å²) in [6.45, 7) is 0.283. The molecule has 1 amide bonds. The maximum Gasteiger partial charge on any atom is 0.328 e. The van der Waals surface area contributed by atoms with Crippen LogP contribution in [0.3, 0.4) is 0 Å². The third-order valence-electron chi connectivity index (χ3n) is 4.71. The second-order valence-corrected chi connectivity index (χ2v) is 8.95. The van der Waals surface area contributed by atoms with Gasteiger partial charge in [-0.3, -0.25) is 13.9 Å². The van der Waals surface area contributed by atoms with Gasteiger partial charge in [0.2, 0.25) is 11.0 Å². The number of fused-ring (bicyclic) bond motifs is 1. The first-order chi connectivity index (χ1) is 15.0. The number of aryl methyl sites for hydroxylation is 2. The van der Waals surface area contributed by atoms with Gasteiger partial charge in [-0.1, -0.05) is 47.4 Å². The van der Waals surface area contributed by atoms with E-state index in [9.17, 15) is 9.59 Å². The van der Waals surface area contributed by atoms with Crippen LogP contribution in [0.25, 0.3) is 11.0 Å². The molecule has 4 rings (SSSR count). The molecule has 0 saturated carbocycles. The average Bonchev–Trinajstić information content (AvgIpc) is 3.34. The molecule has 2 aromatic carbocycles. The maximum absolute atomic E-state index is 12.4. The molecule has 0 saturated heterocycles. The smallest absolute Gasteiger partial charge is 0.300 e. The Morgan fingerprint density at radius 2 is 1.90 bits per heavy atom. The summed E-state index contributed by atoms with van der Waals surface area (Å²) >= 11 is 2.82. The zero-order chi connectivity index (χ0) is 21.8. The minimum Gasteiger partial charge on any atom is -0.300 e. The molecule has 0 aliphatic rings. The third-order valence-corrected chi connectivity index (χ3v) is 6.76. The van der Waals surface area contributed by atoms with Crippen LogP contribution in [0.2, 0.25) is 0 Å². The fraction of sp³-hybridized carbons (Fsp3) is 0.190. The second-order valence-electron chi connectivity index (χ2n) is 6.75. The lowest BCUT2D eigenvalue weighted by Gasteiger charge is -2.03. The number of carbonyl (C=O) groups excluding carboxylic acids is 1. The van der Waals surface area contributed by atoms with Crippen molar-refractivity contribution in [3.8, 4) is 6.07 Å². The third kappa shape index (κ3) is 4.68. The number of rotatable bonds is 7. The number of amides is 1. The van der Waals surface area contributed by atoms with E-state index in [1.807, 2.05) is 36.4 Å². The molecule has 0 radical (unpaired) electrons. The van der Waals surface area contributed by atoms with E-state index in [0.717, 1.165) is 20.9 Å². The lowest BCUT2D eigenvalue weighted by molar-refractivity contribution is -0.116. The number of carbonyl (C=O) groups is 1. The van der Waals surface area contributed by atoms with Crippen molar-refractivity contribution in [3.05, 3.63) is 70.1 Å². The average molecular weight is 451 g/mol. The summed E-state index contributed by atoms with van der Waals surface area (Å²) in [5, 5.41) is 20.2. The highest BCUT2D eigenvalue weighted by Gasteiger charge is 2.13. The van der Waals surface area contributed by atoms with Crippen molar-refractivity contribution in [1.82, 2.24) is 19.3 Å². The highest BCUT2D eigenvalue weighted by molar-refractivity contribution is 8.00. The van der Waals surface area contributed by atoms with E-state index in [0.29, 0.717) is 16.4 Å². The SMILES string of the molecule is Cn1c(=O)n(CCC(=O)Nc2nnc(SCc3ccc(C#N)cc3)s2)c2ccccc21. The molecule has 0 fully saturated rings. The van der Waals surface area contributed by atoms with E-state index in [-0.39, 0.29) is 24.6 Å². The van der Waals surface area contributed by atoms with Crippen molar-refractivity contribution in [1.29, 1.82) is 5.26 Å². The zero-order valence-corrected chi connectivity index (χ0v) is 18.2. The summed E-state index contributed by atoms with van der Waals surface area (Å²) in [7, 11) is 1.72. The highest BCUT2D eigenvalue weighted by atomic mass is 32.2. The minimum atomic E-state index is -0.223. The van der Waals surface area contributed by atoms with Gasteiger partial charge in [-0.05, 0) is 29.8 Å². The van der Waals surface area contributed by atoms with Crippen LogP contribution >= 0.6 is 23.1 Å². The molecule has 0 unspecified atom stereocenters.